The normalized spacial score (nSPS) is 23.5. The number of rotatable bonds is 4. The third kappa shape index (κ3) is 4.34. The molecule has 4 rings (SSSR count). The number of imide groups is 1. The average Bonchev–Trinajstić information content (AvgIpc) is 3.00. The van der Waals surface area contributed by atoms with Crippen LogP contribution in [0.3, 0.4) is 0 Å². The maximum atomic E-state index is 13.0. The molecule has 2 saturated heterocycles. The van der Waals surface area contributed by atoms with Crippen molar-refractivity contribution in [3.63, 3.8) is 0 Å². The Hall–Kier alpha value is -2.58. The van der Waals surface area contributed by atoms with Gasteiger partial charge >= 0.3 is 12.2 Å². The van der Waals surface area contributed by atoms with Gasteiger partial charge in [0.15, 0.2) is 0 Å². The third-order valence-electron chi connectivity index (χ3n) is 6.95. The van der Waals surface area contributed by atoms with Gasteiger partial charge < -0.3 is 10.2 Å². The minimum Gasteiger partial charge on any atom is -0.336 e. The summed E-state index contributed by atoms with van der Waals surface area (Å²) in [6, 6.07) is 4.22. The fraction of sp³-hybridized carbons (Fsp3) is 0.609. The smallest absolute Gasteiger partial charge is 0.336 e. The Kier molecular flexibility index (Phi) is 6.18. The molecule has 3 aliphatic rings. The van der Waals surface area contributed by atoms with Gasteiger partial charge in [-0.25, -0.2) is 4.79 Å². The van der Waals surface area contributed by atoms with Crippen LogP contribution in [0.4, 0.5) is 18.0 Å². The van der Waals surface area contributed by atoms with Gasteiger partial charge in [0, 0.05) is 19.5 Å². The van der Waals surface area contributed by atoms with Gasteiger partial charge in [-0.2, -0.15) is 13.2 Å². The number of carbonyl (C=O) groups excluding carboxylic acids is 3. The highest BCUT2D eigenvalue weighted by molar-refractivity contribution is 6.07. The highest BCUT2D eigenvalue weighted by Gasteiger charge is 2.51. The van der Waals surface area contributed by atoms with E-state index in [0.29, 0.717) is 31.4 Å². The SMILES string of the molecule is O=C1NC2(CCCCC2)C(=O)N1CCC(=O)N1CCCC[C@H]1c1ccc(C(F)(F)F)cc1. The molecule has 0 radical (unpaired) electrons. The molecule has 2 aliphatic heterocycles. The predicted molar refractivity (Wildman–Crippen MR) is 110 cm³/mol. The van der Waals surface area contributed by atoms with Crippen LogP contribution in [-0.2, 0) is 15.8 Å². The minimum absolute atomic E-state index is 0.00632. The average molecular weight is 451 g/mol. The molecule has 2 heterocycles. The predicted octanol–water partition coefficient (Wildman–Crippen LogP) is 4.40. The van der Waals surface area contributed by atoms with Crippen molar-refractivity contribution in [3.05, 3.63) is 35.4 Å². The van der Waals surface area contributed by atoms with Crippen molar-refractivity contribution in [2.75, 3.05) is 13.1 Å². The molecule has 32 heavy (non-hydrogen) atoms. The number of nitrogens with zero attached hydrogens (tertiary/aromatic N) is 2. The summed E-state index contributed by atoms with van der Waals surface area (Å²) in [7, 11) is 0. The standard InChI is InChI=1S/C23H28F3N3O3/c24-23(25,26)17-9-7-16(8-10-17)18-6-2-5-14-28(18)19(30)11-15-29-20(31)22(27-21(29)32)12-3-1-4-13-22/h7-10,18H,1-6,11-15H2,(H,27,32)/t18-/m0/s1. The van der Waals surface area contributed by atoms with E-state index >= 15 is 0 Å². The number of hydrogen-bond acceptors (Lipinski definition) is 3. The van der Waals surface area contributed by atoms with Crippen LogP contribution in [0, 0.1) is 0 Å². The van der Waals surface area contributed by atoms with Gasteiger partial charge in [-0.05, 0) is 49.8 Å². The third-order valence-corrected chi connectivity index (χ3v) is 6.95. The number of carbonyl (C=O) groups is 3. The summed E-state index contributed by atoms with van der Waals surface area (Å²) >= 11 is 0. The second kappa shape index (κ2) is 8.75. The summed E-state index contributed by atoms with van der Waals surface area (Å²) in [5.74, 6) is -0.437. The van der Waals surface area contributed by atoms with E-state index in [1.807, 2.05) is 0 Å². The van der Waals surface area contributed by atoms with Crippen LogP contribution < -0.4 is 5.32 Å². The first-order chi connectivity index (χ1) is 15.2. The van der Waals surface area contributed by atoms with Crippen LogP contribution >= 0.6 is 0 Å². The van der Waals surface area contributed by atoms with Crippen molar-refractivity contribution >= 4 is 17.8 Å². The fourth-order valence-electron chi connectivity index (χ4n) is 5.20. The summed E-state index contributed by atoms with van der Waals surface area (Å²) in [6.45, 7) is 0.524. The maximum Gasteiger partial charge on any atom is 0.416 e. The second-order valence-electron chi connectivity index (χ2n) is 9.00. The van der Waals surface area contributed by atoms with E-state index in [1.54, 1.807) is 4.90 Å². The van der Waals surface area contributed by atoms with Crippen molar-refractivity contribution < 1.29 is 27.6 Å². The molecule has 1 saturated carbocycles. The summed E-state index contributed by atoms with van der Waals surface area (Å²) in [6.07, 6.45) is 2.05. The Morgan fingerprint density at radius 3 is 2.38 bits per heavy atom. The number of likely N-dealkylation sites (tertiary alicyclic amines) is 1. The number of urea groups is 1. The van der Waals surface area contributed by atoms with E-state index in [9.17, 15) is 27.6 Å². The zero-order valence-electron chi connectivity index (χ0n) is 17.9. The van der Waals surface area contributed by atoms with E-state index < -0.39 is 23.3 Å². The topological polar surface area (TPSA) is 69.7 Å². The highest BCUT2D eigenvalue weighted by atomic mass is 19.4. The first kappa shape index (κ1) is 22.6. The lowest BCUT2D eigenvalue weighted by atomic mass is 9.82. The molecule has 1 aromatic carbocycles. The van der Waals surface area contributed by atoms with Crippen molar-refractivity contribution in [3.8, 4) is 0 Å². The fourth-order valence-corrected chi connectivity index (χ4v) is 5.20. The van der Waals surface area contributed by atoms with Crippen molar-refractivity contribution in [1.82, 2.24) is 15.1 Å². The van der Waals surface area contributed by atoms with Gasteiger partial charge in [0.2, 0.25) is 5.91 Å². The van der Waals surface area contributed by atoms with Gasteiger partial charge in [-0.3, -0.25) is 14.5 Å². The summed E-state index contributed by atoms with van der Waals surface area (Å²) < 4.78 is 38.6. The molecule has 1 aliphatic carbocycles. The van der Waals surface area contributed by atoms with Crippen LogP contribution in [-0.4, -0.2) is 46.3 Å². The summed E-state index contributed by atoms with van der Waals surface area (Å²) in [5, 5.41) is 2.85. The molecule has 6 nitrogen and oxygen atoms in total. The first-order valence-corrected chi connectivity index (χ1v) is 11.3. The van der Waals surface area contributed by atoms with Gasteiger partial charge in [-0.15, -0.1) is 0 Å². The molecule has 0 unspecified atom stereocenters. The lowest BCUT2D eigenvalue weighted by Gasteiger charge is -2.36. The minimum atomic E-state index is -4.40. The lowest BCUT2D eigenvalue weighted by molar-refractivity contribution is -0.138. The van der Waals surface area contributed by atoms with Crippen LogP contribution in [0.25, 0.3) is 0 Å². The van der Waals surface area contributed by atoms with E-state index in [1.165, 1.54) is 12.1 Å². The van der Waals surface area contributed by atoms with Crippen LogP contribution in [0.2, 0.25) is 0 Å². The zero-order chi connectivity index (χ0) is 22.9. The Morgan fingerprint density at radius 1 is 1.03 bits per heavy atom. The lowest BCUT2D eigenvalue weighted by Crippen LogP contribution is -2.48. The number of benzene rings is 1. The van der Waals surface area contributed by atoms with Gasteiger partial charge in [0.05, 0.1) is 11.6 Å². The van der Waals surface area contributed by atoms with Crippen molar-refractivity contribution in [1.29, 1.82) is 0 Å². The van der Waals surface area contributed by atoms with E-state index in [-0.39, 0.29) is 30.8 Å². The molecule has 1 aromatic rings. The number of halogens is 3. The Balaban J connectivity index is 1.41. The van der Waals surface area contributed by atoms with E-state index in [2.05, 4.69) is 5.32 Å². The Morgan fingerprint density at radius 2 is 1.72 bits per heavy atom. The van der Waals surface area contributed by atoms with Gasteiger partial charge in [0.1, 0.15) is 5.54 Å². The Labute approximate surface area is 185 Å². The van der Waals surface area contributed by atoms with Crippen molar-refractivity contribution in [2.24, 2.45) is 0 Å². The molecule has 1 N–H and O–H groups in total. The number of nitrogens with one attached hydrogen (secondary N) is 1. The molecule has 3 fully saturated rings. The number of amides is 4. The molecule has 9 heteroatoms. The largest absolute Gasteiger partial charge is 0.416 e. The monoisotopic (exact) mass is 451 g/mol. The molecular formula is C23H28F3N3O3. The first-order valence-electron chi connectivity index (χ1n) is 11.3. The second-order valence-corrected chi connectivity index (χ2v) is 9.00. The maximum absolute atomic E-state index is 13.0. The molecule has 4 amide bonds. The Bertz CT molecular complexity index is 879. The molecule has 0 bridgehead atoms. The molecule has 0 aromatic heterocycles. The number of hydrogen-bond donors (Lipinski definition) is 1. The van der Waals surface area contributed by atoms with Gasteiger partial charge in [0.25, 0.3) is 5.91 Å². The number of alkyl halides is 3. The highest BCUT2D eigenvalue weighted by Crippen LogP contribution is 2.36. The molecule has 1 atom stereocenters. The van der Waals surface area contributed by atoms with Crippen molar-refractivity contribution in [2.45, 2.75) is 75.5 Å². The summed E-state index contributed by atoms with van der Waals surface area (Å²) in [4.78, 5) is 41.2. The molecule has 174 valence electrons. The summed E-state index contributed by atoms with van der Waals surface area (Å²) in [5.41, 5.74) is -0.862. The van der Waals surface area contributed by atoms with Crippen LogP contribution in [0.15, 0.2) is 24.3 Å². The molecular weight excluding hydrogens is 423 g/mol. The molecule has 1 spiro atoms. The van der Waals surface area contributed by atoms with E-state index in [4.69, 9.17) is 0 Å². The van der Waals surface area contributed by atoms with Crippen LogP contribution in [0.1, 0.15) is 75.0 Å². The van der Waals surface area contributed by atoms with Gasteiger partial charge in [-0.1, -0.05) is 31.4 Å². The number of piperidine rings is 1. The van der Waals surface area contributed by atoms with E-state index in [0.717, 1.165) is 49.1 Å². The zero-order valence-corrected chi connectivity index (χ0v) is 17.9. The van der Waals surface area contributed by atoms with Crippen LogP contribution in [0.5, 0.6) is 0 Å². The quantitative estimate of drug-likeness (QED) is 0.690.